The van der Waals surface area contributed by atoms with Crippen molar-refractivity contribution in [2.24, 2.45) is 0 Å². The van der Waals surface area contributed by atoms with E-state index in [1.165, 1.54) is 30.3 Å². The smallest absolute Gasteiger partial charge is 0.270 e. The monoisotopic (exact) mass is 321 g/mol. The molecule has 1 aromatic rings. The second-order valence-electron chi connectivity index (χ2n) is 4.94. The van der Waals surface area contributed by atoms with Crippen LogP contribution in [0.15, 0.2) is 17.0 Å². The fourth-order valence-electron chi connectivity index (χ4n) is 2.53. The number of sulfonamides is 1. The molecule has 0 N–H and O–H groups in total. The Bertz CT molecular complexity index is 718. The molecule has 20 heavy (non-hydrogen) atoms. The molecule has 0 amide bonds. The van der Waals surface area contributed by atoms with Crippen LogP contribution in [0, 0.1) is 13.8 Å². The summed E-state index contributed by atoms with van der Waals surface area (Å²) in [4.78, 5) is -0.379. The third-order valence-electron chi connectivity index (χ3n) is 3.33. The number of benzene rings is 1. The molecule has 5 nitrogen and oxygen atoms in total. The number of nitrogens with zero attached hydrogens (tertiary/aromatic N) is 1. The van der Waals surface area contributed by atoms with Crippen LogP contribution in [0.1, 0.15) is 24.0 Å². The highest BCUT2D eigenvalue weighted by Crippen LogP contribution is 2.30. The van der Waals surface area contributed by atoms with Gasteiger partial charge in [-0.2, -0.15) is 8.42 Å². The van der Waals surface area contributed by atoms with Gasteiger partial charge in [0.2, 0.25) is 10.0 Å². The Morgan fingerprint density at radius 2 is 1.70 bits per heavy atom. The molecule has 1 heterocycles. The molecule has 1 aliphatic rings. The molecule has 0 spiro atoms. The maximum absolute atomic E-state index is 13.2. The number of hydrogen-bond donors (Lipinski definition) is 0. The minimum atomic E-state index is -4.81. The molecule has 0 aliphatic carbocycles. The highest BCUT2D eigenvalue weighted by molar-refractivity contribution is 7.92. The van der Waals surface area contributed by atoms with Crippen LogP contribution in [0.5, 0.6) is 0 Å². The summed E-state index contributed by atoms with van der Waals surface area (Å²) < 4.78 is 60.7. The van der Waals surface area contributed by atoms with Crippen molar-refractivity contribution in [2.45, 2.75) is 31.6 Å². The Morgan fingerprint density at radius 3 is 2.15 bits per heavy atom. The van der Waals surface area contributed by atoms with Gasteiger partial charge < -0.3 is 0 Å². The summed E-state index contributed by atoms with van der Waals surface area (Å²) in [6, 6.07) is 2.81. The lowest BCUT2D eigenvalue weighted by molar-refractivity contribution is 0.550. The summed E-state index contributed by atoms with van der Waals surface area (Å²) >= 11 is 0. The number of hydrogen-bond acceptors (Lipinski definition) is 4. The molecular weight excluding hydrogens is 305 g/mol. The summed E-state index contributed by atoms with van der Waals surface area (Å²) in [5.41, 5.74) is 0.818. The third kappa shape index (κ3) is 2.80. The van der Waals surface area contributed by atoms with E-state index in [2.05, 4.69) is 0 Å². The van der Waals surface area contributed by atoms with Crippen molar-refractivity contribution in [2.75, 3.05) is 16.6 Å². The molecule has 8 heteroatoms. The van der Waals surface area contributed by atoms with Gasteiger partial charge in [-0.05, 0) is 49.9 Å². The summed E-state index contributed by atoms with van der Waals surface area (Å²) in [6.45, 7) is 3.28. The quantitative estimate of drug-likeness (QED) is 0.780. The average Bonchev–Trinajstić information content (AvgIpc) is 2.24. The Kier molecular flexibility index (Phi) is 3.81. The first-order chi connectivity index (χ1) is 9.13. The van der Waals surface area contributed by atoms with Crippen molar-refractivity contribution in [1.82, 2.24) is 0 Å². The van der Waals surface area contributed by atoms with Crippen LogP contribution < -0.4 is 4.31 Å². The van der Waals surface area contributed by atoms with Gasteiger partial charge in [0, 0.05) is 6.54 Å². The molecule has 0 bridgehead atoms. The van der Waals surface area contributed by atoms with Crippen molar-refractivity contribution in [3.05, 3.63) is 23.3 Å². The summed E-state index contributed by atoms with van der Waals surface area (Å²) in [6.07, 6.45) is 1.37. The largest absolute Gasteiger partial charge is 0.332 e. The lowest BCUT2D eigenvalue weighted by atomic mass is 10.1. The molecule has 0 aromatic heterocycles. The van der Waals surface area contributed by atoms with Gasteiger partial charge in [-0.15, -0.1) is 3.89 Å². The molecule has 112 valence electrons. The maximum atomic E-state index is 13.2. The molecule has 0 radical (unpaired) electrons. The van der Waals surface area contributed by atoms with Crippen LogP contribution in [-0.4, -0.2) is 29.1 Å². The van der Waals surface area contributed by atoms with E-state index in [4.69, 9.17) is 0 Å². The standard InChI is InChI=1S/C12H16FNO4S2/c1-9-7-11(8-10(2)12(9)20(13,17)18)14-5-3-4-6-19(14,15)16/h7-8H,3-6H2,1-2H3. The van der Waals surface area contributed by atoms with Gasteiger partial charge in [0.05, 0.1) is 11.4 Å². The zero-order chi connectivity index (χ0) is 15.1. The SMILES string of the molecule is Cc1cc(N2CCCCS2(=O)=O)cc(C)c1S(=O)(=O)F. The van der Waals surface area contributed by atoms with Crippen molar-refractivity contribution >= 4 is 25.9 Å². The fraction of sp³-hybridized carbons (Fsp3) is 0.500. The van der Waals surface area contributed by atoms with Gasteiger partial charge in [0.15, 0.2) is 0 Å². The average molecular weight is 321 g/mol. The number of aryl methyl sites for hydroxylation is 2. The number of rotatable bonds is 2. The molecule has 1 saturated heterocycles. The molecule has 1 fully saturated rings. The highest BCUT2D eigenvalue weighted by Gasteiger charge is 2.28. The minimum Gasteiger partial charge on any atom is -0.270 e. The third-order valence-corrected chi connectivity index (χ3v) is 6.33. The fourth-order valence-corrected chi connectivity index (χ4v) is 5.05. The molecular formula is C12H16FNO4S2. The van der Waals surface area contributed by atoms with Crippen LogP contribution >= 0.6 is 0 Å². The molecule has 0 unspecified atom stereocenters. The van der Waals surface area contributed by atoms with Gasteiger partial charge in [0.1, 0.15) is 4.90 Å². The van der Waals surface area contributed by atoms with Crippen molar-refractivity contribution in [1.29, 1.82) is 0 Å². The summed E-state index contributed by atoms with van der Waals surface area (Å²) in [7, 11) is -8.18. The maximum Gasteiger partial charge on any atom is 0.332 e. The molecule has 1 aromatic carbocycles. The van der Waals surface area contributed by atoms with E-state index in [9.17, 15) is 20.7 Å². The Hall–Kier alpha value is -1.15. The van der Waals surface area contributed by atoms with E-state index in [1.54, 1.807) is 0 Å². The first-order valence-corrected chi connectivity index (χ1v) is 9.18. The Balaban J connectivity index is 2.56. The van der Waals surface area contributed by atoms with E-state index in [-0.39, 0.29) is 21.8 Å². The van der Waals surface area contributed by atoms with Crippen LogP contribution in [0.2, 0.25) is 0 Å². The Morgan fingerprint density at radius 1 is 1.15 bits per heavy atom. The van der Waals surface area contributed by atoms with Crippen molar-refractivity contribution in [3.63, 3.8) is 0 Å². The predicted octanol–water partition coefficient (Wildman–Crippen LogP) is 1.89. The second kappa shape index (κ2) is 5.00. The van der Waals surface area contributed by atoms with Gasteiger partial charge in [0.25, 0.3) is 0 Å². The van der Waals surface area contributed by atoms with Crippen LogP contribution in [-0.2, 0) is 20.2 Å². The van der Waals surface area contributed by atoms with Crippen LogP contribution in [0.3, 0.4) is 0 Å². The van der Waals surface area contributed by atoms with Crippen molar-refractivity contribution in [3.8, 4) is 0 Å². The lowest BCUT2D eigenvalue weighted by Crippen LogP contribution is -2.38. The van der Waals surface area contributed by atoms with E-state index >= 15 is 0 Å². The lowest BCUT2D eigenvalue weighted by Gasteiger charge is -2.29. The predicted molar refractivity (Wildman–Crippen MR) is 74.6 cm³/mol. The molecule has 1 aliphatic heterocycles. The van der Waals surface area contributed by atoms with E-state index < -0.39 is 20.2 Å². The molecule has 0 saturated carbocycles. The zero-order valence-corrected chi connectivity index (χ0v) is 12.9. The van der Waals surface area contributed by atoms with E-state index in [0.29, 0.717) is 18.7 Å². The summed E-state index contributed by atoms with van der Waals surface area (Å²) in [5, 5.41) is 0. The molecule has 0 atom stereocenters. The summed E-state index contributed by atoms with van der Waals surface area (Å²) in [5.74, 6) is 0.0776. The van der Waals surface area contributed by atoms with Gasteiger partial charge in [-0.1, -0.05) is 0 Å². The highest BCUT2D eigenvalue weighted by atomic mass is 32.3. The van der Waals surface area contributed by atoms with E-state index in [1.807, 2.05) is 0 Å². The Labute approximate surface area is 118 Å². The normalized spacial score (nSPS) is 19.1. The topological polar surface area (TPSA) is 71.5 Å². The number of anilines is 1. The second-order valence-corrected chi connectivity index (χ2v) is 8.24. The van der Waals surface area contributed by atoms with Crippen LogP contribution in [0.25, 0.3) is 0 Å². The van der Waals surface area contributed by atoms with Crippen molar-refractivity contribution < 1.29 is 20.7 Å². The van der Waals surface area contributed by atoms with Gasteiger partial charge in [-0.25, -0.2) is 8.42 Å². The van der Waals surface area contributed by atoms with Gasteiger partial charge >= 0.3 is 10.2 Å². The van der Waals surface area contributed by atoms with Gasteiger partial charge in [-0.3, -0.25) is 4.31 Å². The van der Waals surface area contributed by atoms with Crippen LogP contribution in [0.4, 0.5) is 9.57 Å². The first-order valence-electron chi connectivity index (χ1n) is 6.19. The minimum absolute atomic E-state index is 0.0776. The van der Waals surface area contributed by atoms with E-state index in [0.717, 1.165) is 6.42 Å². The number of halogens is 1. The zero-order valence-electron chi connectivity index (χ0n) is 11.3. The molecule has 2 rings (SSSR count). The first kappa shape index (κ1) is 15.2.